The van der Waals surface area contributed by atoms with Gasteiger partial charge in [-0.3, -0.25) is 0 Å². The van der Waals surface area contributed by atoms with Crippen molar-refractivity contribution >= 4 is 8.80 Å². The first-order chi connectivity index (χ1) is 3.77. The van der Waals surface area contributed by atoms with Crippen LogP contribution >= 0.6 is 0 Å². The Bertz CT molecular complexity index is 45.8. The molecular formula is C6H17NSi. The van der Waals surface area contributed by atoms with Gasteiger partial charge in [-0.1, -0.05) is 25.6 Å². The van der Waals surface area contributed by atoms with Crippen molar-refractivity contribution in [2.75, 3.05) is 6.54 Å². The van der Waals surface area contributed by atoms with Gasteiger partial charge in [0.05, 0.1) is 0 Å². The number of nitrogens with two attached hydrogens (primary N) is 1. The molecule has 0 aliphatic carbocycles. The molecule has 0 radical (unpaired) electrons. The summed E-state index contributed by atoms with van der Waals surface area (Å²) in [5.74, 6) is 0. The predicted molar refractivity (Wildman–Crippen MR) is 42.0 cm³/mol. The van der Waals surface area contributed by atoms with Gasteiger partial charge in [-0.15, -0.1) is 0 Å². The predicted octanol–water partition coefficient (Wildman–Crippen LogP) is 1.21. The Labute approximate surface area is 53.9 Å². The lowest BCUT2D eigenvalue weighted by atomic mass is 10.3. The Hall–Kier alpha value is 0.177. The van der Waals surface area contributed by atoms with E-state index in [1.165, 1.54) is 18.9 Å². The highest BCUT2D eigenvalue weighted by molar-refractivity contribution is 6.55. The van der Waals surface area contributed by atoms with E-state index in [1.807, 2.05) is 0 Å². The summed E-state index contributed by atoms with van der Waals surface area (Å²) in [7, 11) is -0.258. The molecule has 0 rings (SSSR count). The standard InChI is InChI=1S/C6H17NSi/c1-8(2)6-4-3-5-7/h8H,3-7H2,1-2H3. The second-order valence-corrected chi connectivity index (χ2v) is 6.04. The smallest absolute Gasteiger partial charge is 0.0305 e. The number of hydrogen-bond donors (Lipinski definition) is 1. The molecule has 0 spiro atoms. The normalized spacial score (nSPS) is 10.5. The third-order valence-corrected chi connectivity index (χ3v) is 2.80. The molecule has 0 heterocycles. The van der Waals surface area contributed by atoms with Crippen molar-refractivity contribution < 1.29 is 0 Å². The maximum absolute atomic E-state index is 5.33. The van der Waals surface area contributed by atoms with Crippen LogP contribution in [0.1, 0.15) is 12.8 Å². The van der Waals surface area contributed by atoms with E-state index >= 15 is 0 Å². The fraction of sp³-hybridized carbons (Fsp3) is 1.00. The molecule has 0 aromatic rings. The number of hydrogen-bond acceptors (Lipinski definition) is 1. The van der Waals surface area contributed by atoms with E-state index < -0.39 is 0 Å². The molecule has 2 N–H and O–H groups in total. The molecule has 2 heteroatoms. The molecule has 0 unspecified atom stereocenters. The topological polar surface area (TPSA) is 26.0 Å². The molecule has 0 aromatic heterocycles. The minimum Gasteiger partial charge on any atom is -0.330 e. The average molecular weight is 131 g/mol. The van der Waals surface area contributed by atoms with Crippen LogP contribution in [0.4, 0.5) is 0 Å². The quantitative estimate of drug-likeness (QED) is 0.450. The summed E-state index contributed by atoms with van der Waals surface area (Å²) in [6.07, 6.45) is 2.59. The van der Waals surface area contributed by atoms with E-state index in [2.05, 4.69) is 13.1 Å². The maximum Gasteiger partial charge on any atom is 0.0305 e. The van der Waals surface area contributed by atoms with E-state index in [1.54, 1.807) is 0 Å². The average Bonchev–Trinajstić information content (AvgIpc) is 1.66. The van der Waals surface area contributed by atoms with Crippen molar-refractivity contribution in [3.8, 4) is 0 Å². The highest BCUT2D eigenvalue weighted by Gasteiger charge is 1.92. The first kappa shape index (κ1) is 8.18. The molecule has 0 saturated carbocycles. The summed E-state index contributed by atoms with van der Waals surface area (Å²) >= 11 is 0. The van der Waals surface area contributed by atoms with Crippen LogP contribution in [0.15, 0.2) is 0 Å². The summed E-state index contributed by atoms with van der Waals surface area (Å²) in [6.45, 7) is 5.65. The van der Waals surface area contributed by atoms with Gasteiger partial charge >= 0.3 is 0 Å². The second-order valence-electron chi connectivity index (χ2n) is 2.68. The molecule has 0 aliphatic heterocycles. The lowest BCUT2D eigenvalue weighted by molar-refractivity contribution is 0.801. The highest BCUT2D eigenvalue weighted by Crippen LogP contribution is 1.98. The summed E-state index contributed by atoms with van der Waals surface area (Å²) in [5, 5.41) is 0. The molecule has 0 amide bonds. The van der Waals surface area contributed by atoms with Gasteiger partial charge in [0, 0.05) is 8.80 Å². The fourth-order valence-corrected chi connectivity index (χ4v) is 1.80. The van der Waals surface area contributed by atoms with Gasteiger partial charge in [0.25, 0.3) is 0 Å². The minimum absolute atomic E-state index is 0.258. The van der Waals surface area contributed by atoms with E-state index in [9.17, 15) is 0 Å². The molecule has 1 nitrogen and oxygen atoms in total. The van der Waals surface area contributed by atoms with Gasteiger partial charge < -0.3 is 5.73 Å². The monoisotopic (exact) mass is 131 g/mol. The van der Waals surface area contributed by atoms with Crippen LogP contribution in [0, 0.1) is 0 Å². The Morgan fingerprint density at radius 2 is 1.88 bits per heavy atom. The second kappa shape index (κ2) is 5.32. The Morgan fingerprint density at radius 3 is 2.25 bits per heavy atom. The Kier molecular flexibility index (Phi) is 5.43. The van der Waals surface area contributed by atoms with Crippen molar-refractivity contribution in [1.82, 2.24) is 0 Å². The third-order valence-electron chi connectivity index (χ3n) is 1.24. The van der Waals surface area contributed by atoms with Crippen LogP contribution in [-0.4, -0.2) is 15.3 Å². The van der Waals surface area contributed by atoms with Crippen molar-refractivity contribution in [2.45, 2.75) is 32.0 Å². The van der Waals surface area contributed by atoms with Crippen LogP contribution in [0.25, 0.3) is 0 Å². The molecule has 0 fully saturated rings. The first-order valence-corrected chi connectivity index (χ1v) is 6.60. The van der Waals surface area contributed by atoms with E-state index in [4.69, 9.17) is 5.73 Å². The molecule has 8 heavy (non-hydrogen) atoms. The van der Waals surface area contributed by atoms with Crippen molar-refractivity contribution in [1.29, 1.82) is 0 Å². The summed E-state index contributed by atoms with van der Waals surface area (Å²) in [6, 6.07) is 1.47. The van der Waals surface area contributed by atoms with Crippen LogP contribution in [-0.2, 0) is 0 Å². The van der Waals surface area contributed by atoms with Crippen LogP contribution in [0.2, 0.25) is 19.1 Å². The molecule has 0 atom stereocenters. The van der Waals surface area contributed by atoms with Crippen molar-refractivity contribution in [2.24, 2.45) is 5.73 Å². The zero-order chi connectivity index (χ0) is 6.41. The largest absolute Gasteiger partial charge is 0.330 e. The Morgan fingerprint density at radius 1 is 1.25 bits per heavy atom. The third kappa shape index (κ3) is 6.18. The number of unbranched alkanes of at least 4 members (excludes halogenated alkanes) is 1. The van der Waals surface area contributed by atoms with Gasteiger partial charge in [0.15, 0.2) is 0 Å². The molecular weight excluding hydrogens is 114 g/mol. The fourth-order valence-electron chi connectivity index (χ4n) is 0.697. The zero-order valence-corrected chi connectivity index (χ0v) is 7.14. The van der Waals surface area contributed by atoms with Gasteiger partial charge in [-0.25, -0.2) is 0 Å². The Balaban J connectivity index is 2.72. The van der Waals surface area contributed by atoms with Crippen LogP contribution in [0.3, 0.4) is 0 Å². The summed E-state index contributed by atoms with van der Waals surface area (Å²) in [5.41, 5.74) is 5.33. The van der Waals surface area contributed by atoms with Gasteiger partial charge in [-0.2, -0.15) is 0 Å². The lowest BCUT2D eigenvalue weighted by Gasteiger charge is -1.99. The molecule has 0 aliphatic rings. The molecule has 0 aromatic carbocycles. The van der Waals surface area contributed by atoms with Crippen LogP contribution in [0.5, 0.6) is 0 Å². The first-order valence-electron chi connectivity index (χ1n) is 3.47. The van der Waals surface area contributed by atoms with Gasteiger partial charge in [0.2, 0.25) is 0 Å². The number of rotatable bonds is 4. The van der Waals surface area contributed by atoms with E-state index in [0.29, 0.717) is 0 Å². The summed E-state index contributed by atoms with van der Waals surface area (Å²) < 4.78 is 0. The van der Waals surface area contributed by atoms with Crippen molar-refractivity contribution in [3.05, 3.63) is 0 Å². The highest BCUT2D eigenvalue weighted by atomic mass is 28.3. The van der Waals surface area contributed by atoms with Crippen LogP contribution < -0.4 is 5.73 Å². The SMILES string of the molecule is C[SiH](C)CCCCN. The summed E-state index contributed by atoms with van der Waals surface area (Å²) in [4.78, 5) is 0. The van der Waals surface area contributed by atoms with E-state index in [0.717, 1.165) is 6.54 Å². The lowest BCUT2D eigenvalue weighted by Crippen LogP contribution is -2.02. The molecule has 0 saturated heterocycles. The zero-order valence-electron chi connectivity index (χ0n) is 5.98. The van der Waals surface area contributed by atoms with Crippen molar-refractivity contribution in [3.63, 3.8) is 0 Å². The molecule has 0 bridgehead atoms. The minimum atomic E-state index is -0.258. The maximum atomic E-state index is 5.33. The van der Waals surface area contributed by atoms with Gasteiger partial charge in [0.1, 0.15) is 0 Å². The van der Waals surface area contributed by atoms with Gasteiger partial charge in [-0.05, 0) is 13.0 Å². The van der Waals surface area contributed by atoms with E-state index in [-0.39, 0.29) is 8.80 Å². The molecule has 50 valence electrons.